The van der Waals surface area contributed by atoms with E-state index in [2.05, 4.69) is 0 Å². The smallest absolute Gasteiger partial charge is 0.416 e. The fraction of sp³-hybridized carbons (Fsp3) is 0.500. The summed E-state index contributed by atoms with van der Waals surface area (Å²) in [5.74, 6) is -2.30. The van der Waals surface area contributed by atoms with Gasteiger partial charge in [-0.25, -0.2) is 0 Å². The second-order valence-electron chi connectivity index (χ2n) is 5.72. The fourth-order valence-corrected chi connectivity index (χ4v) is 2.65. The van der Waals surface area contributed by atoms with Gasteiger partial charge in [0, 0.05) is 19.6 Å². The van der Waals surface area contributed by atoms with E-state index < -0.39 is 30.2 Å². The van der Waals surface area contributed by atoms with Gasteiger partial charge < -0.3 is 14.7 Å². The Morgan fingerprint density at radius 3 is 2.67 bits per heavy atom. The van der Waals surface area contributed by atoms with Gasteiger partial charge in [0.2, 0.25) is 5.91 Å². The molecule has 2 unspecified atom stereocenters. The molecule has 0 saturated heterocycles. The molecule has 0 radical (unpaired) electrons. The molecule has 132 valence electrons. The Hall–Kier alpha value is -2.09. The number of rotatable bonds is 7. The van der Waals surface area contributed by atoms with Crippen LogP contribution in [-0.2, 0) is 20.5 Å². The molecule has 0 aromatic heterocycles. The van der Waals surface area contributed by atoms with Crippen molar-refractivity contribution in [3.8, 4) is 0 Å². The van der Waals surface area contributed by atoms with Crippen molar-refractivity contribution < 1.29 is 32.6 Å². The molecule has 1 aromatic rings. The van der Waals surface area contributed by atoms with Crippen LogP contribution in [0.2, 0.25) is 0 Å². The zero-order chi connectivity index (χ0) is 17.9. The molecular formula is C16H18F3NO4. The summed E-state index contributed by atoms with van der Waals surface area (Å²) in [7, 11) is 1.44. The molecule has 0 heterocycles. The summed E-state index contributed by atoms with van der Waals surface area (Å²) >= 11 is 0. The van der Waals surface area contributed by atoms with Crippen LogP contribution in [0.15, 0.2) is 24.3 Å². The lowest BCUT2D eigenvalue weighted by atomic mass is 10.0. The number of carboxylic acid groups (broad SMARTS) is 1. The van der Waals surface area contributed by atoms with E-state index in [1.807, 2.05) is 0 Å². The molecule has 1 aliphatic carbocycles. The van der Waals surface area contributed by atoms with Gasteiger partial charge in [-0.1, -0.05) is 18.2 Å². The molecular weight excluding hydrogens is 327 g/mol. The molecule has 1 fully saturated rings. The lowest BCUT2D eigenvalue weighted by molar-refractivity contribution is -0.145. The Morgan fingerprint density at radius 2 is 2.08 bits per heavy atom. The first kappa shape index (κ1) is 18.3. The Balaban J connectivity index is 2.07. The van der Waals surface area contributed by atoms with Crippen LogP contribution >= 0.6 is 0 Å². The number of alkyl halides is 3. The van der Waals surface area contributed by atoms with Crippen LogP contribution in [0.25, 0.3) is 0 Å². The number of carbonyl (C=O) groups is 2. The highest BCUT2D eigenvalue weighted by Crippen LogP contribution is 2.49. The van der Waals surface area contributed by atoms with Crippen LogP contribution in [0.4, 0.5) is 13.2 Å². The monoisotopic (exact) mass is 345 g/mol. The molecule has 1 saturated carbocycles. The SMILES string of the molecule is COCCN(CC(=O)O)C(=O)C1CC1c1cccc(C(F)(F)F)c1. The lowest BCUT2D eigenvalue weighted by Gasteiger charge is -2.20. The molecule has 1 N–H and O–H groups in total. The number of hydrogen-bond acceptors (Lipinski definition) is 3. The van der Waals surface area contributed by atoms with E-state index in [1.54, 1.807) is 6.07 Å². The number of carboxylic acids is 1. The van der Waals surface area contributed by atoms with E-state index in [-0.39, 0.29) is 25.0 Å². The average Bonchev–Trinajstić information content (AvgIpc) is 3.30. The van der Waals surface area contributed by atoms with Crippen molar-refractivity contribution >= 4 is 11.9 Å². The van der Waals surface area contributed by atoms with E-state index in [1.165, 1.54) is 18.1 Å². The maximum absolute atomic E-state index is 12.8. The molecule has 1 amide bonds. The molecule has 1 aromatic carbocycles. The zero-order valence-electron chi connectivity index (χ0n) is 13.0. The molecule has 1 aliphatic rings. The third kappa shape index (κ3) is 4.47. The third-order valence-electron chi connectivity index (χ3n) is 3.95. The molecule has 0 bridgehead atoms. The van der Waals surface area contributed by atoms with Gasteiger partial charge >= 0.3 is 12.1 Å². The predicted molar refractivity (Wildman–Crippen MR) is 78.4 cm³/mol. The van der Waals surface area contributed by atoms with Crippen molar-refractivity contribution in [2.24, 2.45) is 5.92 Å². The minimum atomic E-state index is -4.43. The molecule has 0 spiro atoms. The van der Waals surface area contributed by atoms with Crippen LogP contribution in [-0.4, -0.2) is 48.7 Å². The largest absolute Gasteiger partial charge is 0.480 e. The summed E-state index contributed by atoms with van der Waals surface area (Å²) in [6.45, 7) is -0.124. The van der Waals surface area contributed by atoms with E-state index in [4.69, 9.17) is 9.84 Å². The predicted octanol–water partition coefficient (Wildman–Crippen LogP) is 2.37. The molecule has 5 nitrogen and oxygen atoms in total. The third-order valence-corrected chi connectivity index (χ3v) is 3.95. The standard InChI is InChI=1S/C16H18F3NO4/c1-24-6-5-20(9-14(21)22)15(23)13-8-12(13)10-3-2-4-11(7-10)16(17,18)19/h2-4,7,12-13H,5-6,8-9H2,1H3,(H,21,22). The average molecular weight is 345 g/mol. The van der Waals surface area contributed by atoms with Crippen LogP contribution in [0, 0.1) is 5.92 Å². The summed E-state index contributed by atoms with van der Waals surface area (Å²) in [4.78, 5) is 24.4. The fourth-order valence-electron chi connectivity index (χ4n) is 2.65. The van der Waals surface area contributed by atoms with Gasteiger partial charge in [0.25, 0.3) is 0 Å². The minimum Gasteiger partial charge on any atom is -0.480 e. The normalized spacial score (nSPS) is 19.8. The summed E-state index contributed by atoms with van der Waals surface area (Å²) in [6, 6.07) is 4.91. The van der Waals surface area contributed by atoms with Crippen LogP contribution < -0.4 is 0 Å². The Morgan fingerprint density at radius 1 is 1.38 bits per heavy atom. The van der Waals surface area contributed by atoms with Crippen molar-refractivity contribution in [1.29, 1.82) is 0 Å². The number of hydrogen-bond donors (Lipinski definition) is 1. The van der Waals surface area contributed by atoms with Gasteiger partial charge in [0.05, 0.1) is 12.2 Å². The maximum atomic E-state index is 12.8. The van der Waals surface area contributed by atoms with Crippen molar-refractivity contribution in [3.63, 3.8) is 0 Å². The summed E-state index contributed by atoms with van der Waals surface area (Å²) < 4.78 is 43.1. The number of amides is 1. The first-order chi connectivity index (χ1) is 11.2. The molecule has 2 rings (SSSR count). The highest BCUT2D eigenvalue weighted by Gasteiger charge is 2.46. The van der Waals surface area contributed by atoms with E-state index in [9.17, 15) is 22.8 Å². The van der Waals surface area contributed by atoms with Gasteiger partial charge in [-0.15, -0.1) is 0 Å². The Labute approximate surface area is 137 Å². The topological polar surface area (TPSA) is 66.8 Å². The number of aliphatic carboxylic acids is 1. The molecule has 24 heavy (non-hydrogen) atoms. The highest BCUT2D eigenvalue weighted by atomic mass is 19.4. The molecule has 0 aliphatic heterocycles. The summed E-state index contributed by atoms with van der Waals surface area (Å²) in [6.07, 6.45) is -4.01. The zero-order valence-corrected chi connectivity index (χ0v) is 13.0. The highest BCUT2D eigenvalue weighted by molar-refractivity contribution is 5.86. The number of ether oxygens (including phenoxy) is 1. The Kier molecular flexibility index (Phi) is 5.48. The number of carbonyl (C=O) groups excluding carboxylic acids is 1. The van der Waals surface area contributed by atoms with Crippen molar-refractivity contribution in [2.45, 2.75) is 18.5 Å². The van der Waals surface area contributed by atoms with Crippen LogP contribution in [0.3, 0.4) is 0 Å². The second kappa shape index (κ2) is 7.21. The first-order valence-electron chi connectivity index (χ1n) is 7.40. The van der Waals surface area contributed by atoms with Crippen molar-refractivity contribution in [3.05, 3.63) is 35.4 Å². The van der Waals surface area contributed by atoms with Gasteiger partial charge in [-0.05, 0) is 24.0 Å². The van der Waals surface area contributed by atoms with Gasteiger partial charge in [-0.3, -0.25) is 9.59 Å². The van der Waals surface area contributed by atoms with Crippen molar-refractivity contribution in [2.75, 3.05) is 26.8 Å². The van der Waals surface area contributed by atoms with E-state index in [0.29, 0.717) is 12.0 Å². The van der Waals surface area contributed by atoms with Crippen molar-refractivity contribution in [1.82, 2.24) is 4.90 Å². The second-order valence-corrected chi connectivity index (χ2v) is 5.72. The summed E-state index contributed by atoms with van der Waals surface area (Å²) in [5, 5.41) is 8.88. The summed E-state index contributed by atoms with van der Waals surface area (Å²) in [5.41, 5.74) is -0.301. The van der Waals surface area contributed by atoms with E-state index in [0.717, 1.165) is 12.1 Å². The lowest BCUT2D eigenvalue weighted by Crippen LogP contribution is -2.39. The molecule has 2 atom stereocenters. The quantitative estimate of drug-likeness (QED) is 0.824. The number of methoxy groups -OCH3 is 1. The van der Waals surface area contributed by atoms with Crippen LogP contribution in [0.1, 0.15) is 23.5 Å². The number of nitrogens with zero attached hydrogens (tertiary/aromatic N) is 1. The van der Waals surface area contributed by atoms with Crippen LogP contribution in [0.5, 0.6) is 0 Å². The van der Waals surface area contributed by atoms with E-state index >= 15 is 0 Å². The van der Waals surface area contributed by atoms with Gasteiger partial charge in [0.1, 0.15) is 6.54 Å². The minimum absolute atomic E-state index is 0.132. The maximum Gasteiger partial charge on any atom is 0.416 e. The van der Waals surface area contributed by atoms with Gasteiger partial charge in [0.15, 0.2) is 0 Å². The number of benzene rings is 1. The number of halogens is 3. The van der Waals surface area contributed by atoms with Gasteiger partial charge in [-0.2, -0.15) is 13.2 Å². The molecule has 8 heteroatoms. The Bertz CT molecular complexity index is 618. The first-order valence-corrected chi connectivity index (χ1v) is 7.40.